The maximum absolute atomic E-state index is 13.6. The number of halogens is 3. The van der Waals surface area contributed by atoms with Gasteiger partial charge in [0, 0.05) is 12.5 Å². The zero-order valence-corrected chi connectivity index (χ0v) is 12.8. The highest BCUT2D eigenvalue weighted by molar-refractivity contribution is 9.10. The van der Waals surface area contributed by atoms with Crippen LogP contribution in [0.4, 0.5) is 8.78 Å². The molecule has 2 aromatic carbocycles. The first-order valence-electron chi connectivity index (χ1n) is 6.44. The molecule has 0 amide bonds. The van der Waals surface area contributed by atoms with Crippen LogP contribution in [-0.4, -0.2) is 13.6 Å². The van der Waals surface area contributed by atoms with E-state index in [0.29, 0.717) is 10.9 Å². The van der Waals surface area contributed by atoms with Crippen molar-refractivity contribution < 1.29 is 8.78 Å². The lowest BCUT2D eigenvalue weighted by atomic mass is 9.92. The topological polar surface area (TPSA) is 12.0 Å². The number of likely N-dealkylation sites (N-methyl/N-ethyl adjacent to an activating group) is 1. The van der Waals surface area contributed by atoms with E-state index in [4.69, 9.17) is 0 Å². The summed E-state index contributed by atoms with van der Waals surface area (Å²) in [5.41, 5.74) is 1.95. The Morgan fingerprint density at radius 2 is 1.80 bits per heavy atom. The number of benzene rings is 2. The Kier molecular flexibility index (Phi) is 5.26. The predicted molar refractivity (Wildman–Crippen MR) is 80.9 cm³/mol. The highest BCUT2D eigenvalue weighted by atomic mass is 79.9. The van der Waals surface area contributed by atoms with Crippen molar-refractivity contribution in [3.63, 3.8) is 0 Å². The number of nitrogens with one attached hydrogen (secondary N) is 1. The predicted octanol–water partition coefficient (Wildman–Crippen LogP) is 4.27. The average Bonchev–Trinajstić information content (AvgIpc) is 2.44. The third-order valence-electron chi connectivity index (χ3n) is 3.29. The molecule has 20 heavy (non-hydrogen) atoms. The van der Waals surface area contributed by atoms with Crippen molar-refractivity contribution in [2.75, 3.05) is 13.6 Å². The SMILES string of the molecule is CNCC(Cc1cccc(F)c1Br)c1ccc(F)cc1. The maximum atomic E-state index is 13.6. The van der Waals surface area contributed by atoms with Crippen LogP contribution in [0.25, 0.3) is 0 Å². The molecule has 1 unspecified atom stereocenters. The van der Waals surface area contributed by atoms with E-state index in [0.717, 1.165) is 17.7 Å². The summed E-state index contributed by atoms with van der Waals surface area (Å²) >= 11 is 3.29. The highest BCUT2D eigenvalue weighted by Crippen LogP contribution is 2.27. The lowest BCUT2D eigenvalue weighted by molar-refractivity contribution is 0.598. The fourth-order valence-corrected chi connectivity index (χ4v) is 2.69. The molecule has 2 rings (SSSR count). The van der Waals surface area contributed by atoms with E-state index in [1.807, 2.05) is 13.1 Å². The van der Waals surface area contributed by atoms with Crippen molar-refractivity contribution in [3.8, 4) is 0 Å². The van der Waals surface area contributed by atoms with Crippen molar-refractivity contribution in [3.05, 3.63) is 69.7 Å². The van der Waals surface area contributed by atoms with Crippen LogP contribution in [-0.2, 0) is 6.42 Å². The molecule has 0 aliphatic carbocycles. The molecule has 106 valence electrons. The van der Waals surface area contributed by atoms with Crippen molar-refractivity contribution >= 4 is 15.9 Å². The molecule has 0 aromatic heterocycles. The fraction of sp³-hybridized carbons (Fsp3) is 0.250. The van der Waals surface area contributed by atoms with Gasteiger partial charge in [0.2, 0.25) is 0 Å². The van der Waals surface area contributed by atoms with Crippen LogP contribution >= 0.6 is 15.9 Å². The van der Waals surface area contributed by atoms with Gasteiger partial charge in [-0.1, -0.05) is 24.3 Å². The summed E-state index contributed by atoms with van der Waals surface area (Å²) < 4.78 is 27.1. The van der Waals surface area contributed by atoms with Gasteiger partial charge in [0.05, 0.1) is 4.47 Å². The van der Waals surface area contributed by atoms with Crippen molar-refractivity contribution in [2.24, 2.45) is 0 Å². The van der Waals surface area contributed by atoms with E-state index >= 15 is 0 Å². The largest absolute Gasteiger partial charge is 0.319 e. The van der Waals surface area contributed by atoms with Gasteiger partial charge in [-0.2, -0.15) is 0 Å². The van der Waals surface area contributed by atoms with E-state index in [1.54, 1.807) is 18.2 Å². The Morgan fingerprint density at radius 3 is 2.45 bits per heavy atom. The van der Waals surface area contributed by atoms with E-state index in [-0.39, 0.29) is 17.6 Å². The number of hydrogen-bond acceptors (Lipinski definition) is 1. The molecule has 0 radical (unpaired) electrons. The lowest BCUT2D eigenvalue weighted by Crippen LogP contribution is -2.19. The molecule has 4 heteroatoms. The molecule has 1 atom stereocenters. The first-order valence-corrected chi connectivity index (χ1v) is 7.24. The quantitative estimate of drug-likeness (QED) is 0.857. The Balaban J connectivity index is 2.25. The molecule has 1 nitrogen and oxygen atoms in total. The summed E-state index contributed by atoms with van der Waals surface area (Å²) in [6, 6.07) is 11.5. The van der Waals surface area contributed by atoms with Crippen LogP contribution in [0.15, 0.2) is 46.9 Å². The standard InChI is InChI=1S/C16H16BrF2N/c1-20-10-13(11-5-7-14(18)8-6-11)9-12-3-2-4-15(19)16(12)17/h2-8,13,20H,9-10H2,1H3. The van der Waals surface area contributed by atoms with Gasteiger partial charge in [-0.3, -0.25) is 0 Å². The van der Waals surface area contributed by atoms with E-state index < -0.39 is 0 Å². The molecule has 2 aromatic rings. The highest BCUT2D eigenvalue weighted by Gasteiger charge is 2.15. The zero-order chi connectivity index (χ0) is 14.5. The molecular weight excluding hydrogens is 324 g/mol. The van der Waals surface area contributed by atoms with Gasteiger partial charge >= 0.3 is 0 Å². The van der Waals surface area contributed by atoms with Crippen LogP contribution in [0.5, 0.6) is 0 Å². The van der Waals surface area contributed by atoms with Gasteiger partial charge in [0.15, 0.2) is 0 Å². The van der Waals surface area contributed by atoms with Crippen molar-refractivity contribution in [2.45, 2.75) is 12.3 Å². The number of hydrogen-bond donors (Lipinski definition) is 1. The van der Waals surface area contributed by atoms with Crippen LogP contribution in [0.2, 0.25) is 0 Å². The summed E-state index contributed by atoms with van der Waals surface area (Å²) in [7, 11) is 1.87. The normalized spacial score (nSPS) is 12.4. The molecule has 0 fully saturated rings. The van der Waals surface area contributed by atoms with Gasteiger partial charge < -0.3 is 5.32 Å². The van der Waals surface area contributed by atoms with Crippen molar-refractivity contribution in [1.82, 2.24) is 5.32 Å². The Morgan fingerprint density at radius 1 is 1.10 bits per heavy atom. The second-order valence-corrected chi connectivity index (χ2v) is 5.52. The summed E-state index contributed by atoms with van der Waals surface area (Å²) in [5, 5.41) is 3.13. The third-order valence-corrected chi connectivity index (χ3v) is 4.18. The first kappa shape index (κ1) is 15.1. The minimum Gasteiger partial charge on any atom is -0.319 e. The van der Waals surface area contributed by atoms with Crippen LogP contribution < -0.4 is 5.32 Å². The van der Waals surface area contributed by atoms with Crippen LogP contribution in [0.3, 0.4) is 0 Å². The first-order chi connectivity index (χ1) is 9.61. The molecule has 0 saturated heterocycles. The molecule has 0 aliphatic rings. The summed E-state index contributed by atoms with van der Waals surface area (Å²) in [6.07, 6.45) is 0.685. The molecule has 1 N–H and O–H groups in total. The van der Waals surface area contributed by atoms with Gasteiger partial charge in [-0.15, -0.1) is 0 Å². The summed E-state index contributed by atoms with van der Waals surface area (Å²) in [5.74, 6) is -0.340. The smallest absolute Gasteiger partial charge is 0.137 e. The van der Waals surface area contributed by atoms with Crippen LogP contribution in [0.1, 0.15) is 17.0 Å². The Labute approximate surface area is 126 Å². The average molecular weight is 340 g/mol. The monoisotopic (exact) mass is 339 g/mol. The minimum atomic E-state index is -0.259. The van der Waals surface area contributed by atoms with Gasteiger partial charge in [0.1, 0.15) is 11.6 Å². The second kappa shape index (κ2) is 6.95. The molecule has 0 aliphatic heterocycles. The molecule has 0 bridgehead atoms. The van der Waals surface area contributed by atoms with E-state index in [1.165, 1.54) is 18.2 Å². The molecule has 0 heterocycles. The zero-order valence-electron chi connectivity index (χ0n) is 11.2. The molecule has 0 spiro atoms. The molecule has 0 saturated carbocycles. The Hall–Kier alpha value is -1.26. The molecular formula is C16H16BrF2N. The van der Waals surface area contributed by atoms with Gasteiger partial charge in [-0.25, -0.2) is 8.78 Å². The van der Waals surface area contributed by atoms with E-state index in [2.05, 4.69) is 21.2 Å². The van der Waals surface area contributed by atoms with Crippen molar-refractivity contribution in [1.29, 1.82) is 0 Å². The Bertz CT molecular complexity index is 569. The second-order valence-electron chi connectivity index (χ2n) is 4.72. The summed E-state index contributed by atoms with van der Waals surface area (Å²) in [4.78, 5) is 0. The van der Waals surface area contributed by atoms with E-state index in [9.17, 15) is 8.78 Å². The fourth-order valence-electron chi connectivity index (χ4n) is 2.26. The lowest BCUT2D eigenvalue weighted by Gasteiger charge is -2.18. The summed E-state index contributed by atoms with van der Waals surface area (Å²) in [6.45, 7) is 0.745. The third kappa shape index (κ3) is 3.64. The van der Waals surface area contributed by atoms with Gasteiger partial charge in [-0.05, 0) is 58.7 Å². The minimum absolute atomic E-state index is 0.165. The number of rotatable bonds is 5. The van der Waals surface area contributed by atoms with Crippen LogP contribution in [0, 0.1) is 11.6 Å². The maximum Gasteiger partial charge on any atom is 0.137 e. The van der Waals surface area contributed by atoms with Gasteiger partial charge in [0.25, 0.3) is 0 Å².